The van der Waals surface area contributed by atoms with Crippen molar-refractivity contribution in [3.05, 3.63) is 12.1 Å². The van der Waals surface area contributed by atoms with Crippen LogP contribution in [0.3, 0.4) is 0 Å². The molecule has 2 rings (SSSR count). The van der Waals surface area contributed by atoms with Gasteiger partial charge >= 0.3 is 0 Å². The first kappa shape index (κ1) is 13.5. The van der Waals surface area contributed by atoms with Crippen LogP contribution in [0, 0.1) is 5.92 Å². The van der Waals surface area contributed by atoms with Gasteiger partial charge < -0.3 is 25.3 Å². The van der Waals surface area contributed by atoms with Crippen LogP contribution in [0.4, 0.5) is 11.4 Å². The first-order valence-electron chi connectivity index (χ1n) is 6.08. The lowest BCUT2D eigenvalue weighted by molar-refractivity contribution is -0.117. The van der Waals surface area contributed by atoms with Crippen LogP contribution in [0.15, 0.2) is 12.1 Å². The number of carbonyl (C=O) groups is 1. The summed E-state index contributed by atoms with van der Waals surface area (Å²) in [5.41, 5.74) is 6.85. The number of hydrogen-bond donors (Lipinski definition) is 2. The maximum atomic E-state index is 11.9. The zero-order chi connectivity index (χ0) is 13.8. The van der Waals surface area contributed by atoms with Crippen LogP contribution in [0.5, 0.6) is 11.5 Å². The maximum absolute atomic E-state index is 11.9. The molecule has 0 aliphatic carbocycles. The highest BCUT2D eigenvalue weighted by Gasteiger charge is 2.17. The Morgan fingerprint density at radius 2 is 2.16 bits per heavy atom. The molecule has 1 aliphatic heterocycles. The van der Waals surface area contributed by atoms with E-state index in [0.717, 1.165) is 0 Å². The van der Waals surface area contributed by atoms with Gasteiger partial charge in [-0.05, 0) is 5.92 Å². The maximum Gasteiger partial charge on any atom is 0.231 e. The van der Waals surface area contributed by atoms with E-state index in [1.165, 1.54) is 0 Å². The summed E-state index contributed by atoms with van der Waals surface area (Å²) in [4.78, 5) is 11.9. The smallest absolute Gasteiger partial charge is 0.231 e. The molecule has 3 N–H and O–H groups in total. The summed E-state index contributed by atoms with van der Waals surface area (Å²) < 4.78 is 15.4. The summed E-state index contributed by atoms with van der Waals surface area (Å²) in [6, 6.07) is 3.33. The number of amides is 1. The summed E-state index contributed by atoms with van der Waals surface area (Å²) in [5, 5.41) is 2.77. The molecule has 1 unspecified atom stereocenters. The average molecular weight is 266 g/mol. The van der Waals surface area contributed by atoms with Gasteiger partial charge in [-0.2, -0.15) is 0 Å². The van der Waals surface area contributed by atoms with Crippen LogP contribution in [0.2, 0.25) is 0 Å². The highest BCUT2D eigenvalue weighted by molar-refractivity contribution is 5.94. The standard InChI is InChI=1S/C13H18N2O4/c1-8(6-17-2)3-13(16)15-10-5-12-11(4-9(10)14)18-7-19-12/h4-5,8H,3,6-7,14H2,1-2H3,(H,15,16). The predicted molar refractivity (Wildman–Crippen MR) is 71.3 cm³/mol. The Bertz CT molecular complexity index is 476. The minimum absolute atomic E-state index is 0.102. The first-order chi connectivity index (χ1) is 9.10. The van der Waals surface area contributed by atoms with E-state index in [1.807, 2.05) is 6.92 Å². The van der Waals surface area contributed by atoms with Gasteiger partial charge in [0, 0.05) is 32.3 Å². The third-order valence-corrected chi connectivity index (χ3v) is 2.80. The van der Waals surface area contributed by atoms with Crippen LogP contribution in [-0.4, -0.2) is 26.4 Å². The van der Waals surface area contributed by atoms with Crippen molar-refractivity contribution in [2.24, 2.45) is 5.92 Å². The van der Waals surface area contributed by atoms with Gasteiger partial charge in [0.25, 0.3) is 0 Å². The molecule has 1 aromatic carbocycles. The highest BCUT2D eigenvalue weighted by Crippen LogP contribution is 2.38. The van der Waals surface area contributed by atoms with Crippen LogP contribution in [-0.2, 0) is 9.53 Å². The fourth-order valence-corrected chi connectivity index (χ4v) is 1.93. The largest absolute Gasteiger partial charge is 0.454 e. The van der Waals surface area contributed by atoms with Gasteiger partial charge in [0.1, 0.15) is 0 Å². The van der Waals surface area contributed by atoms with Crippen molar-refractivity contribution in [2.75, 3.05) is 31.6 Å². The molecule has 6 heteroatoms. The zero-order valence-electron chi connectivity index (χ0n) is 11.1. The van der Waals surface area contributed by atoms with Gasteiger partial charge in [-0.3, -0.25) is 4.79 Å². The SMILES string of the molecule is COCC(C)CC(=O)Nc1cc2c(cc1N)OCO2. The Morgan fingerprint density at radius 3 is 2.84 bits per heavy atom. The number of methoxy groups -OCH3 is 1. The molecule has 0 radical (unpaired) electrons. The van der Waals surface area contributed by atoms with Gasteiger partial charge in [0.2, 0.25) is 12.7 Å². The van der Waals surface area contributed by atoms with Crippen molar-refractivity contribution in [3.8, 4) is 11.5 Å². The molecular formula is C13H18N2O4. The van der Waals surface area contributed by atoms with Gasteiger partial charge in [0.05, 0.1) is 11.4 Å². The average Bonchev–Trinajstić information content (AvgIpc) is 2.76. The zero-order valence-corrected chi connectivity index (χ0v) is 11.1. The molecule has 0 fully saturated rings. The van der Waals surface area contributed by atoms with Crippen molar-refractivity contribution in [1.29, 1.82) is 0 Å². The minimum Gasteiger partial charge on any atom is -0.454 e. The highest BCUT2D eigenvalue weighted by atomic mass is 16.7. The lowest BCUT2D eigenvalue weighted by Crippen LogP contribution is -2.18. The monoisotopic (exact) mass is 266 g/mol. The van der Waals surface area contributed by atoms with Crippen molar-refractivity contribution in [1.82, 2.24) is 0 Å². The summed E-state index contributed by atoms with van der Waals surface area (Å²) in [6.07, 6.45) is 0.377. The molecule has 0 bridgehead atoms. The van der Waals surface area contributed by atoms with E-state index >= 15 is 0 Å². The molecule has 1 aromatic rings. The number of benzene rings is 1. The van der Waals surface area contributed by atoms with Gasteiger partial charge in [-0.15, -0.1) is 0 Å². The van der Waals surface area contributed by atoms with Crippen LogP contribution in [0.25, 0.3) is 0 Å². The van der Waals surface area contributed by atoms with Crippen LogP contribution >= 0.6 is 0 Å². The molecule has 1 aliphatic rings. The topological polar surface area (TPSA) is 82.8 Å². The Kier molecular flexibility index (Phi) is 4.11. The molecule has 104 valence electrons. The van der Waals surface area contributed by atoms with Gasteiger partial charge in [0.15, 0.2) is 11.5 Å². The molecule has 1 heterocycles. The number of carbonyl (C=O) groups excluding carboxylic acids is 1. The molecular weight excluding hydrogens is 248 g/mol. The van der Waals surface area contributed by atoms with Crippen molar-refractivity contribution in [2.45, 2.75) is 13.3 Å². The molecule has 0 saturated heterocycles. The van der Waals surface area contributed by atoms with E-state index in [4.69, 9.17) is 19.9 Å². The second-order valence-corrected chi connectivity index (χ2v) is 4.61. The fourth-order valence-electron chi connectivity index (χ4n) is 1.93. The Hall–Kier alpha value is -1.95. The number of anilines is 2. The number of ether oxygens (including phenoxy) is 3. The van der Waals surface area contributed by atoms with Crippen LogP contribution < -0.4 is 20.5 Å². The molecule has 0 spiro atoms. The molecule has 1 atom stereocenters. The molecule has 0 aromatic heterocycles. The van der Waals surface area contributed by atoms with Crippen molar-refractivity contribution < 1.29 is 19.0 Å². The van der Waals surface area contributed by atoms with E-state index in [9.17, 15) is 4.79 Å². The summed E-state index contributed by atoms with van der Waals surface area (Å²) >= 11 is 0. The number of rotatable bonds is 5. The van der Waals surface area contributed by atoms with E-state index in [-0.39, 0.29) is 18.6 Å². The Labute approximate surface area is 111 Å². The van der Waals surface area contributed by atoms with Crippen molar-refractivity contribution in [3.63, 3.8) is 0 Å². The van der Waals surface area contributed by atoms with E-state index in [0.29, 0.717) is 35.9 Å². The normalized spacial score (nSPS) is 14.2. The third-order valence-electron chi connectivity index (χ3n) is 2.80. The summed E-state index contributed by atoms with van der Waals surface area (Å²) in [7, 11) is 1.62. The number of hydrogen-bond acceptors (Lipinski definition) is 5. The predicted octanol–water partition coefficient (Wildman–Crippen LogP) is 1.61. The lowest BCUT2D eigenvalue weighted by atomic mass is 10.1. The van der Waals surface area contributed by atoms with E-state index in [1.54, 1.807) is 19.2 Å². The molecule has 6 nitrogen and oxygen atoms in total. The van der Waals surface area contributed by atoms with Crippen LogP contribution in [0.1, 0.15) is 13.3 Å². The van der Waals surface area contributed by atoms with E-state index < -0.39 is 0 Å². The van der Waals surface area contributed by atoms with Crippen molar-refractivity contribution >= 4 is 17.3 Å². The lowest BCUT2D eigenvalue weighted by Gasteiger charge is -2.12. The second kappa shape index (κ2) is 5.79. The molecule has 19 heavy (non-hydrogen) atoms. The quantitative estimate of drug-likeness (QED) is 0.791. The Morgan fingerprint density at radius 1 is 1.47 bits per heavy atom. The number of nitrogens with one attached hydrogen (secondary N) is 1. The van der Waals surface area contributed by atoms with Gasteiger partial charge in [-0.25, -0.2) is 0 Å². The third kappa shape index (κ3) is 3.29. The van der Waals surface area contributed by atoms with Gasteiger partial charge in [-0.1, -0.05) is 6.92 Å². The number of nitrogen functional groups attached to an aromatic ring is 1. The fraction of sp³-hybridized carbons (Fsp3) is 0.462. The first-order valence-corrected chi connectivity index (χ1v) is 6.08. The number of nitrogens with two attached hydrogens (primary N) is 1. The number of fused-ring (bicyclic) bond motifs is 1. The van der Waals surface area contributed by atoms with E-state index in [2.05, 4.69) is 5.32 Å². The Balaban J connectivity index is 2.01. The second-order valence-electron chi connectivity index (χ2n) is 4.61. The molecule has 1 amide bonds. The molecule has 0 saturated carbocycles. The summed E-state index contributed by atoms with van der Waals surface area (Å²) in [5.74, 6) is 1.24. The minimum atomic E-state index is -0.102. The summed E-state index contributed by atoms with van der Waals surface area (Å²) in [6.45, 7) is 2.67.